The summed E-state index contributed by atoms with van der Waals surface area (Å²) in [5.41, 5.74) is 0.215. The zero-order chi connectivity index (χ0) is 23.0. The Labute approximate surface area is 195 Å². The molecule has 0 bridgehead atoms. The summed E-state index contributed by atoms with van der Waals surface area (Å²) >= 11 is 6.14. The van der Waals surface area contributed by atoms with Crippen LogP contribution in [0.15, 0.2) is 53.4 Å². The lowest BCUT2D eigenvalue weighted by Crippen LogP contribution is -2.42. The van der Waals surface area contributed by atoms with E-state index in [0.29, 0.717) is 17.3 Å². The van der Waals surface area contributed by atoms with E-state index in [4.69, 9.17) is 16.3 Å². The van der Waals surface area contributed by atoms with Gasteiger partial charge in [-0.1, -0.05) is 36.2 Å². The summed E-state index contributed by atoms with van der Waals surface area (Å²) in [4.78, 5) is 15.2. The highest BCUT2D eigenvalue weighted by Crippen LogP contribution is 2.34. The fraction of sp³-hybridized carbons (Fsp3) is 0.435. The molecule has 0 atom stereocenters. The highest BCUT2D eigenvalue weighted by Gasteiger charge is 2.29. The summed E-state index contributed by atoms with van der Waals surface area (Å²) in [7, 11) is -2.58. The number of amides is 1. The van der Waals surface area contributed by atoms with Gasteiger partial charge in [0.25, 0.3) is 10.0 Å². The van der Waals surface area contributed by atoms with Gasteiger partial charge in [-0.15, -0.1) is 0 Å². The van der Waals surface area contributed by atoms with Crippen molar-refractivity contribution < 1.29 is 17.9 Å². The molecule has 1 N–H and O–H groups in total. The lowest BCUT2D eigenvalue weighted by Gasteiger charge is -2.27. The molecule has 1 saturated heterocycles. The SMILES string of the molecule is COc1ccc(Cl)cc1N(CC(=O)NCCCN1CCCCC1)S(=O)(=O)c1ccccc1. The van der Waals surface area contributed by atoms with Crippen molar-refractivity contribution in [1.29, 1.82) is 0 Å². The van der Waals surface area contributed by atoms with E-state index in [9.17, 15) is 13.2 Å². The van der Waals surface area contributed by atoms with Crippen LogP contribution in [0.3, 0.4) is 0 Å². The van der Waals surface area contributed by atoms with Crippen molar-refractivity contribution in [3.05, 3.63) is 53.6 Å². The molecule has 0 aromatic heterocycles. The summed E-state index contributed by atoms with van der Waals surface area (Å²) in [5.74, 6) is -0.0722. The van der Waals surface area contributed by atoms with Gasteiger partial charge in [-0.25, -0.2) is 8.42 Å². The molecule has 1 heterocycles. The molecule has 0 unspecified atom stereocenters. The van der Waals surface area contributed by atoms with Crippen LogP contribution in [0, 0.1) is 0 Å². The highest BCUT2D eigenvalue weighted by atomic mass is 35.5. The number of methoxy groups -OCH3 is 1. The lowest BCUT2D eigenvalue weighted by molar-refractivity contribution is -0.119. The van der Waals surface area contributed by atoms with E-state index in [1.165, 1.54) is 44.6 Å². The van der Waals surface area contributed by atoms with Crippen molar-refractivity contribution in [3.8, 4) is 5.75 Å². The third-order valence-corrected chi connectivity index (χ3v) is 7.46. The number of anilines is 1. The first kappa shape index (κ1) is 24.4. The Bertz CT molecular complexity index is 996. The van der Waals surface area contributed by atoms with Crippen molar-refractivity contribution in [2.45, 2.75) is 30.6 Å². The van der Waals surface area contributed by atoms with E-state index in [-0.39, 0.29) is 23.0 Å². The number of sulfonamides is 1. The first-order valence-electron chi connectivity index (χ1n) is 10.8. The smallest absolute Gasteiger partial charge is 0.264 e. The average Bonchev–Trinajstić information content (AvgIpc) is 2.81. The van der Waals surface area contributed by atoms with Crippen LogP contribution in [0.25, 0.3) is 0 Å². The number of ether oxygens (including phenoxy) is 1. The van der Waals surface area contributed by atoms with Crippen LogP contribution in [0.5, 0.6) is 5.75 Å². The Hall–Kier alpha value is -2.29. The minimum Gasteiger partial charge on any atom is -0.495 e. The Balaban J connectivity index is 1.74. The van der Waals surface area contributed by atoms with Gasteiger partial charge in [0, 0.05) is 11.6 Å². The number of likely N-dealkylation sites (tertiary alicyclic amines) is 1. The Morgan fingerprint density at radius 3 is 2.53 bits per heavy atom. The van der Waals surface area contributed by atoms with Gasteiger partial charge < -0.3 is 15.0 Å². The second-order valence-electron chi connectivity index (χ2n) is 7.75. The zero-order valence-corrected chi connectivity index (χ0v) is 19.9. The summed E-state index contributed by atoms with van der Waals surface area (Å²) in [5, 5.41) is 3.20. The number of piperidine rings is 1. The third-order valence-electron chi connectivity index (χ3n) is 5.45. The molecule has 9 heteroatoms. The number of halogens is 1. The van der Waals surface area contributed by atoms with E-state index in [0.717, 1.165) is 30.4 Å². The summed E-state index contributed by atoms with van der Waals surface area (Å²) in [6.07, 6.45) is 4.55. The predicted octanol–water partition coefficient (Wildman–Crippen LogP) is 3.54. The van der Waals surface area contributed by atoms with Crippen LogP contribution in [-0.4, -0.2) is 59.1 Å². The summed E-state index contributed by atoms with van der Waals surface area (Å²) in [6.45, 7) is 3.24. The number of carbonyl (C=O) groups is 1. The quantitative estimate of drug-likeness (QED) is 0.527. The van der Waals surface area contributed by atoms with E-state index >= 15 is 0 Å². The minimum absolute atomic E-state index is 0.0833. The maximum absolute atomic E-state index is 13.4. The molecule has 3 rings (SSSR count). The zero-order valence-electron chi connectivity index (χ0n) is 18.3. The maximum atomic E-state index is 13.4. The molecule has 2 aromatic carbocycles. The maximum Gasteiger partial charge on any atom is 0.264 e. The highest BCUT2D eigenvalue weighted by molar-refractivity contribution is 7.92. The molecule has 0 saturated carbocycles. The second kappa shape index (κ2) is 11.5. The van der Waals surface area contributed by atoms with Crippen molar-refractivity contribution in [2.75, 3.05) is 44.1 Å². The predicted molar refractivity (Wildman–Crippen MR) is 127 cm³/mol. The molecule has 0 aliphatic carbocycles. The lowest BCUT2D eigenvalue weighted by atomic mass is 10.1. The van der Waals surface area contributed by atoms with Crippen LogP contribution in [-0.2, 0) is 14.8 Å². The largest absolute Gasteiger partial charge is 0.495 e. The average molecular weight is 480 g/mol. The molecule has 174 valence electrons. The van der Waals surface area contributed by atoms with Crippen LogP contribution >= 0.6 is 11.6 Å². The van der Waals surface area contributed by atoms with Crippen molar-refractivity contribution in [1.82, 2.24) is 10.2 Å². The molecule has 0 radical (unpaired) electrons. The van der Waals surface area contributed by atoms with Crippen LogP contribution in [0.4, 0.5) is 5.69 Å². The minimum atomic E-state index is -4.02. The van der Waals surface area contributed by atoms with Crippen LogP contribution in [0.2, 0.25) is 5.02 Å². The van der Waals surface area contributed by atoms with Gasteiger partial charge in [-0.05, 0) is 69.2 Å². The van der Waals surface area contributed by atoms with Crippen LogP contribution in [0.1, 0.15) is 25.7 Å². The van der Waals surface area contributed by atoms with Gasteiger partial charge in [0.05, 0.1) is 17.7 Å². The number of hydrogen-bond acceptors (Lipinski definition) is 5. The first-order valence-corrected chi connectivity index (χ1v) is 12.6. The topological polar surface area (TPSA) is 79.0 Å². The number of hydrogen-bond donors (Lipinski definition) is 1. The molecule has 1 amide bonds. The Morgan fingerprint density at radius 1 is 1.12 bits per heavy atom. The molecular formula is C23H30ClN3O4S. The molecule has 1 fully saturated rings. The number of rotatable bonds is 10. The van der Waals surface area contributed by atoms with Crippen LogP contribution < -0.4 is 14.4 Å². The van der Waals surface area contributed by atoms with Gasteiger partial charge >= 0.3 is 0 Å². The molecule has 1 aliphatic rings. The first-order chi connectivity index (χ1) is 15.4. The summed E-state index contributed by atoms with van der Waals surface area (Å²) < 4.78 is 33.3. The number of nitrogens with zero attached hydrogens (tertiary/aromatic N) is 2. The Morgan fingerprint density at radius 2 is 1.84 bits per heavy atom. The molecule has 0 spiro atoms. The van der Waals surface area contributed by atoms with Gasteiger partial charge in [-0.3, -0.25) is 9.10 Å². The van der Waals surface area contributed by atoms with Gasteiger partial charge in [0.2, 0.25) is 5.91 Å². The number of nitrogens with one attached hydrogen (secondary N) is 1. The van der Waals surface area contributed by atoms with E-state index in [1.54, 1.807) is 30.3 Å². The fourth-order valence-electron chi connectivity index (χ4n) is 3.78. The van der Waals surface area contributed by atoms with Gasteiger partial charge in [-0.2, -0.15) is 0 Å². The van der Waals surface area contributed by atoms with E-state index in [1.807, 2.05) is 0 Å². The fourth-order valence-corrected chi connectivity index (χ4v) is 5.39. The Kier molecular flexibility index (Phi) is 8.78. The number of carbonyl (C=O) groups excluding carboxylic acids is 1. The molecule has 1 aliphatic heterocycles. The normalized spacial score (nSPS) is 14.7. The monoisotopic (exact) mass is 479 g/mol. The summed E-state index contributed by atoms with van der Waals surface area (Å²) in [6, 6.07) is 12.7. The van der Waals surface area contributed by atoms with Gasteiger partial charge in [0.15, 0.2) is 0 Å². The van der Waals surface area contributed by atoms with E-state index in [2.05, 4.69) is 10.2 Å². The van der Waals surface area contributed by atoms with Gasteiger partial charge in [0.1, 0.15) is 12.3 Å². The molecule has 32 heavy (non-hydrogen) atoms. The molecular weight excluding hydrogens is 450 g/mol. The molecule has 2 aromatic rings. The standard InChI is InChI=1S/C23H30ClN3O4S/c1-31-22-12-11-19(24)17-21(22)27(32(29,30)20-9-4-2-5-10-20)18-23(28)25-13-8-16-26-14-6-3-7-15-26/h2,4-5,9-12,17H,3,6-8,13-16,18H2,1H3,(H,25,28). The third kappa shape index (κ3) is 6.37. The van der Waals surface area contributed by atoms with E-state index < -0.39 is 10.0 Å². The second-order valence-corrected chi connectivity index (χ2v) is 10.0. The molecule has 7 nitrogen and oxygen atoms in total. The van der Waals surface area contributed by atoms with Crippen molar-refractivity contribution in [3.63, 3.8) is 0 Å². The number of benzene rings is 2. The van der Waals surface area contributed by atoms with Crippen molar-refractivity contribution in [2.24, 2.45) is 0 Å². The van der Waals surface area contributed by atoms with Crippen molar-refractivity contribution >= 4 is 33.2 Å².